The van der Waals surface area contributed by atoms with E-state index < -0.39 is 5.82 Å². The number of carbonyl (C=O) groups excluding carboxylic acids is 1. The van der Waals surface area contributed by atoms with Crippen LogP contribution in [-0.4, -0.2) is 35.8 Å². The number of anilines is 1. The standard InChI is InChI=1S/C22H22Cl2FN3O2/c1-30-11-10-28(22(29)26-18-7-8-21(25)20(24)13-18)15-19-6-3-9-27(19)14-16-4-2-5-17(23)12-16/h2-9,12-13H,10-11,14-15H2,1H3,(H,26,29). The van der Waals surface area contributed by atoms with Crippen molar-refractivity contribution in [2.45, 2.75) is 13.1 Å². The van der Waals surface area contributed by atoms with Crippen molar-refractivity contribution in [3.63, 3.8) is 0 Å². The average molecular weight is 450 g/mol. The van der Waals surface area contributed by atoms with Crippen LogP contribution in [0.3, 0.4) is 0 Å². The van der Waals surface area contributed by atoms with Crippen molar-refractivity contribution in [1.82, 2.24) is 9.47 Å². The number of urea groups is 1. The van der Waals surface area contributed by atoms with Gasteiger partial charge in [0, 0.05) is 42.8 Å². The molecule has 0 saturated carbocycles. The van der Waals surface area contributed by atoms with Gasteiger partial charge in [0.15, 0.2) is 0 Å². The lowest BCUT2D eigenvalue weighted by Gasteiger charge is -2.24. The minimum atomic E-state index is -0.537. The van der Waals surface area contributed by atoms with Crippen LogP contribution in [0.25, 0.3) is 0 Å². The molecule has 0 bridgehead atoms. The maximum atomic E-state index is 13.4. The summed E-state index contributed by atoms with van der Waals surface area (Å²) >= 11 is 11.9. The van der Waals surface area contributed by atoms with Gasteiger partial charge in [-0.2, -0.15) is 0 Å². The number of nitrogens with zero attached hydrogens (tertiary/aromatic N) is 2. The Morgan fingerprint density at radius 3 is 2.73 bits per heavy atom. The van der Waals surface area contributed by atoms with Gasteiger partial charge in [-0.3, -0.25) is 0 Å². The molecule has 1 heterocycles. The molecular formula is C22H22Cl2FN3O2. The van der Waals surface area contributed by atoms with Gasteiger partial charge in [-0.05, 0) is 48.0 Å². The highest BCUT2D eigenvalue weighted by Gasteiger charge is 2.16. The second-order valence-electron chi connectivity index (χ2n) is 6.73. The van der Waals surface area contributed by atoms with Gasteiger partial charge in [-0.15, -0.1) is 0 Å². The third-order valence-electron chi connectivity index (χ3n) is 4.54. The van der Waals surface area contributed by atoms with Crippen LogP contribution in [-0.2, 0) is 17.8 Å². The lowest BCUT2D eigenvalue weighted by atomic mass is 10.2. The number of ether oxygens (including phenoxy) is 1. The van der Waals surface area contributed by atoms with Crippen LogP contribution in [0, 0.1) is 5.82 Å². The monoisotopic (exact) mass is 449 g/mol. The normalized spacial score (nSPS) is 10.8. The van der Waals surface area contributed by atoms with Gasteiger partial charge in [-0.1, -0.05) is 35.3 Å². The maximum absolute atomic E-state index is 13.4. The predicted octanol–water partition coefficient (Wildman–Crippen LogP) is 5.66. The summed E-state index contributed by atoms with van der Waals surface area (Å²) < 4.78 is 20.6. The lowest BCUT2D eigenvalue weighted by Crippen LogP contribution is -2.37. The third kappa shape index (κ3) is 5.98. The van der Waals surface area contributed by atoms with E-state index in [1.807, 2.05) is 42.6 Å². The molecule has 0 aliphatic rings. The largest absolute Gasteiger partial charge is 0.383 e. The molecular weight excluding hydrogens is 428 g/mol. The minimum absolute atomic E-state index is 0.0494. The molecule has 5 nitrogen and oxygen atoms in total. The van der Waals surface area contributed by atoms with Gasteiger partial charge in [0.05, 0.1) is 18.2 Å². The van der Waals surface area contributed by atoms with E-state index in [-0.39, 0.29) is 11.1 Å². The molecule has 30 heavy (non-hydrogen) atoms. The average Bonchev–Trinajstić information content (AvgIpc) is 3.14. The first-order valence-corrected chi connectivity index (χ1v) is 10.1. The first-order valence-electron chi connectivity index (χ1n) is 9.34. The highest BCUT2D eigenvalue weighted by atomic mass is 35.5. The first kappa shape index (κ1) is 22.2. The summed E-state index contributed by atoms with van der Waals surface area (Å²) in [6.45, 7) is 1.78. The quantitative estimate of drug-likeness (QED) is 0.481. The van der Waals surface area contributed by atoms with E-state index in [0.717, 1.165) is 11.3 Å². The van der Waals surface area contributed by atoms with Crippen molar-refractivity contribution >= 4 is 34.9 Å². The molecule has 0 aliphatic carbocycles. The molecule has 1 aromatic heterocycles. The predicted molar refractivity (Wildman–Crippen MR) is 118 cm³/mol. The number of nitrogens with one attached hydrogen (secondary N) is 1. The van der Waals surface area contributed by atoms with Crippen molar-refractivity contribution in [1.29, 1.82) is 0 Å². The molecule has 3 aromatic rings. The number of rotatable bonds is 8. The molecule has 3 rings (SSSR count). The van der Waals surface area contributed by atoms with Gasteiger partial charge in [0.2, 0.25) is 0 Å². The Hall–Kier alpha value is -2.54. The van der Waals surface area contributed by atoms with Crippen LogP contribution in [0.2, 0.25) is 10.0 Å². The van der Waals surface area contributed by atoms with E-state index in [1.54, 1.807) is 12.0 Å². The Bertz CT molecular complexity index is 1010. The smallest absolute Gasteiger partial charge is 0.322 e. The molecule has 0 unspecified atom stereocenters. The number of benzene rings is 2. The molecule has 0 saturated heterocycles. The summed E-state index contributed by atoms with van der Waals surface area (Å²) in [5.74, 6) is -0.537. The highest BCUT2D eigenvalue weighted by molar-refractivity contribution is 6.31. The molecule has 8 heteroatoms. The molecule has 2 amide bonds. The fourth-order valence-corrected chi connectivity index (χ4v) is 3.40. The zero-order chi connectivity index (χ0) is 21.5. The van der Waals surface area contributed by atoms with E-state index in [1.165, 1.54) is 18.2 Å². The SMILES string of the molecule is COCCN(Cc1cccn1Cc1cccc(Cl)c1)C(=O)Nc1ccc(F)c(Cl)c1. The van der Waals surface area contributed by atoms with Crippen LogP contribution in [0.5, 0.6) is 0 Å². The maximum Gasteiger partial charge on any atom is 0.322 e. The Morgan fingerprint density at radius 2 is 2.00 bits per heavy atom. The molecule has 0 radical (unpaired) electrons. The lowest BCUT2D eigenvalue weighted by molar-refractivity contribution is 0.152. The second-order valence-corrected chi connectivity index (χ2v) is 7.57. The second kappa shape index (κ2) is 10.5. The van der Waals surface area contributed by atoms with E-state index in [0.29, 0.717) is 37.0 Å². The summed E-state index contributed by atoms with van der Waals surface area (Å²) in [6.07, 6.45) is 1.96. The number of carbonyl (C=O) groups is 1. The van der Waals surface area contributed by atoms with Crippen molar-refractivity contribution in [2.75, 3.05) is 25.6 Å². The van der Waals surface area contributed by atoms with E-state index in [2.05, 4.69) is 9.88 Å². The van der Waals surface area contributed by atoms with Crippen molar-refractivity contribution in [3.05, 3.63) is 87.9 Å². The molecule has 158 valence electrons. The van der Waals surface area contributed by atoms with Crippen molar-refractivity contribution in [3.8, 4) is 0 Å². The number of hydrogen-bond donors (Lipinski definition) is 1. The number of amides is 2. The third-order valence-corrected chi connectivity index (χ3v) is 5.07. The number of aromatic nitrogens is 1. The number of methoxy groups -OCH3 is 1. The molecule has 0 atom stereocenters. The van der Waals surface area contributed by atoms with Crippen LogP contribution in [0.1, 0.15) is 11.3 Å². The van der Waals surface area contributed by atoms with Gasteiger partial charge in [-0.25, -0.2) is 9.18 Å². The van der Waals surface area contributed by atoms with Crippen LogP contribution < -0.4 is 5.32 Å². The Balaban J connectivity index is 1.74. The number of halogens is 3. The Labute approximate surface area is 185 Å². The zero-order valence-corrected chi connectivity index (χ0v) is 18.0. The summed E-state index contributed by atoms with van der Waals surface area (Å²) in [4.78, 5) is 14.5. The van der Waals surface area contributed by atoms with Crippen LogP contribution in [0.15, 0.2) is 60.8 Å². The van der Waals surface area contributed by atoms with Crippen LogP contribution >= 0.6 is 23.2 Å². The van der Waals surface area contributed by atoms with E-state index in [4.69, 9.17) is 27.9 Å². The zero-order valence-electron chi connectivity index (χ0n) is 16.4. The van der Waals surface area contributed by atoms with Crippen LogP contribution in [0.4, 0.5) is 14.9 Å². The van der Waals surface area contributed by atoms with Gasteiger partial charge >= 0.3 is 6.03 Å². The molecule has 2 aromatic carbocycles. The summed E-state index contributed by atoms with van der Waals surface area (Å²) in [5.41, 5.74) is 2.44. The fraction of sp³-hybridized carbons (Fsp3) is 0.227. The molecule has 0 spiro atoms. The van der Waals surface area contributed by atoms with E-state index >= 15 is 0 Å². The Kier molecular flexibility index (Phi) is 7.74. The minimum Gasteiger partial charge on any atom is -0.383 e. The van der Waals surface area contributed by atoms with Crippen molar-refractivity contribution < 1.29 is 13.9 Å². The molecule has 1 N–H and O–H groups in total. The summed E-state index contributed by atoms with van der Waals surface area (Å²) in [5, 5.41) is 3.39. The highest BCUT2D eigenvalue weighted by Crippen LogP contribution is 2.20. The fourth-order valence-electron chi connectivity index (χ4n) is 3.01. The van der Waals surface area contributed by atoms with Gasteiger partial charge in [0.25, 0.3) is 0 Å². The van der Waals surface area contributed by atoms with Crippen molar-refractivity contribution in [2.24, 2.45) is 0 Å². The first-order chi connectivity index (χ1) is 14.5. The summed E-state index contributed by atoms with van der Waals surface area (Å²) in [7, 11) is 1.58. The molecule has 0 aliphatic heterocycles. The van der Waals surface area contributed by atoms with Gasteiger partial charge in [0.1, 0.15) is 5.82 Å². The Morgan fingerprint density at radius 1 is 1.17 bits per heavy atom. The molecule has 0 fully saturated rings. The van der Waals surface area contributed by atoms with E-state index in [9.17, 15) is 9.18 Å². The summed E-state index contributed by atoms with van der Waals surface area (Å²) in [6, 6.07) is 15.3. The van der Waals surface area contributed by atoms with Gasteiger partial charge < -0.3 is 19.5 Å². The number of hydrogen-bond acceptors (Lipinski definition) is 2. The topological polar surface area (TPSA) is 46.5 Å².